The molecule has 0 bridgehead atoms. The Balaban J connectivity index is 1.68. The number of nitrogens with one attached hydrogen (secondary N) is 1. The molecular formula is C11H18N2O3. The molecule has 3 aliphatic rings. The molecule has 16 heavy (non-hydrogen) atoms. The third kappa shape index (κ3) is 1.46. The highest BCUT2D eigenvalue weighted by atomic mass is 16.5. The van der Waals surface area contributed by atoms with Gasteiger partial charge in [0.15, 0.2) is 0 Å². The zero-order valence-electron chi connectivity index (χ0n) is 9.62. The Labute approximate surface area is 95.1 Å². The number of ether oxygens (including phenoxy) is 2. The fourth-order valence-electron chi connectivity index (χ4n) is 2.63. The zero-order chi connectivity index (χ0) is 11.2. The van der Waals surface area contributed by atoms with Gasteiger partial charge in [0.05, 0.1) is 25.4 Å². The highest BCUT2D eigenvalue weighted by Gasteiger charge is 2.56. The predicted molar refractivity (Wildman–Crippen MR) is 56.9 cm³/mol. The fraction of sp³-hybridized carbons (Fsp3) is 0.909. The van der Waals surface area contributed by atoms with Gasteiger partial charge in [-0.15, -0.1) is 0 Å². The summed E-state index contributed by atoms with van der Waals surface area (Å²) < 4.78 is 10.9. The van der Waals surface area contributed by atoms with Gasteiger partial charge in [0.1, 0.15) is 5.60 Å². The van der Waals surface area contributed by atoms with Crippen molar-refractivity contribution in [2.45, 2.75) is 30.4 Å². The molecule has 2 saturated heterocycles. The molecule has 0 aromatic heterocycles. The van der Waals surface area contributed by atoms with Crippen LogP contribution in [0.2, 0.25) is 0 Å². The Kier molecular flexibility index (Phi) is 2.24. The highest BCUT2D eigenvalue weighted by molar-refractivity contribution is 5.91. The van der Waals surface area contributed by atoms with Crippen molar-refractivity contribution in [3.05, 3.63) is 0 Å². The monoisotopic (exact) mass is 226 g/mol. The third-order valence-electron chi connectivity index (χ3n) is 4.03. The van der Waals surface area contributed by atoms with E-state index in [1.807, 2.05) is 4.90 Å². The lowest BCUT2D eigenvalue weighted by Gasteiger charge is -2.30. The lowest BCUT2D eigenvalue weighted by atomic mass is 10.0. The van der Waals surface area contributed by atoms with Gasteiger partial charge in [0.25, 0.3) is 0 Å². The molecule has 3 rings (SSSR count). The highest BCUT2D eigenvalue weighted by Crippen LogP contribution is 2.40. The Hall–Kier alpha value is -0.650. The van der Waals surface area contributed by atoms with Crippen LogP contribution in [-0.2, 0) is 14.3 Å². The summed E-state index contributed by atoms with van der Waals surface area (Å²) in [5, 5.41) is 3.30. The topological polar surface area (TPSA) is 50.8 Å². The number of rotatable bonds is 3. The minimum atomic E-state index is -0.280. The van der Waals surface area contributed by atoms with Crippen molar-refractivity contribution < 1.29 is 14.3 Å². The second-order valence-electron chi connectivity index (χ2n) is 5.11. The van der Waals surface area contributed by atoms with Crippen molar-refractivity contribution >= 4 is 5.91 Å². The zero-order valence-corrected chi connectivity index (χ0v) is 9.62. The number of nitrogens with zero attached hydrogens (tertiary/aromatic N) is 1. The van der Waals surface area contributed by atoms with Gasteiger partial charge in [-0.05, 0) is 12.8 Å². The predicted octanol–water partition coefficient (Wildman–Crippen LogP) is -0.286. The molecule has 0 aromatic rings. The van der Waals surface area contributed by atoms with Crippen LogP contribution >= 0.6 is 0 Å². The molecule has 1 unspecified atom stereocenters. The number of amides is 1. The third-order valence-corrected chi connectivity index (χ3v) is 4.03. The molecule has 0 aromatic carbocycles. The van der Waals surface area contributed by atoms with Crippen molar-refractivity contribution in [1.82, 2.24) is 10.2 Å². The number of methoxy groups -OCH3 is 1. The maximum Gasteiger partial charge on any atom is 0.244 e. The molecule has 1 spiro atoms. The minimum absolute atomic E-state index is 0.200. The first kappa shape index (κ1) is 10.5. The van der Waals surface area contributed by atoms with E-state index in [1.54, 1.807) is 7.11 Å². The Morgan fingerprint density at radius 2 is 2.31 bits per heavy atom. The maximum atomic E-state index is 12.1. The number of carbonyl (C=O) groups excluding carboxylic acids is 1. The summed E-state index contributed by atoms with van der Waals surface area (Å²) >= 11 is 0. The molecule has 90 valence electrons. The van der Waals surface area contributed by atoms with Crippen LogP contribution in [0, 0.1) is 0 Å². The molecule has 1 atom stereocenters. The van der Waals surface area contributed by atoms with E-state index < -0.39 is 0 Å². The van der Waals surface area contributed by atoms with Gasteiger partial charge in [-0.25, -0.2) is 0 Å². The molecule has 3 fully saturated rings. The smallest absolute Gasteiger partial charge is 0.244 e. The summed E-state index contributed by atoms with van der Waals surface area (Å²) in [5.74, 6) is 0.246. The molecule has 2 heterocycles. The SMILES string of the molecule is COC1(CN2CNC3(CC3)C2=O)CCOC1. The van der Waals surface area contributed by atoms with Crippen molar-refractivity contribution in [2.24, 2.45) is 0 Å². The first-order valence-corrected chi connectivity index (χ1v) is 5.87. The lowest BCUT2D eigenvalue weighted by molar-refractivity contribution is -0.133. The lowest BCUT2D eigenvalue weighted by Crippen LogP contribution is -2.46. The number of hydrogen-bond acceptors (Lipinski definition) is 4. The van der Waals surface area contributed by atoms with Crippen LogP contribution in [0.3, 0.4) is 0 Å². The van der Waals surface area contributed by atoms with Crippen LogP contribution in [0.15, 0.2) is 0 Å². The van der Waals surface area contributed by atoms with Gasteiger partial charge < -0.3 is 14.4 Å². The van der Waals surface area contributed by atoms with Gasteiger partial charge in [0, 0.05) is 20.1 Å². The van der Waals surface area contributed by atoms with Crippen molar-refractivity contribution in [3.63, 3.8) is 0 Å². The molecule has 2 aliphatic heterocycles. The summed E-state index contributed by atoms with van der Waals surface area (Å²) in [6, 6.07) is 0. The second kappa shape index (κ2) is 3.42. The van der Waals surface area contributed by atoms with E-state index >= 15 is 0 Å². The van der Waals surface area contributed by atoms with Crippen molar-refractivity contribution in [2.75, 3.05) is 33.5 Å². The number of carbonyl (C=O) groups is 1. The van der Waals surface area contributed by atoms with Crippen LogP contribution in [-0.4, -0.2) is 55.5 Å². The molecule has 1 N–H and O–H groups in total. The van der Waals surface area contributed by atoms with E-state index in [-0.39, 0.29) is 17.0 Å². The van der Waals surface area contributed by atoms with Crippen LogP contribution in [0.5, 0.6) is 0 Å². The molecule has 1 amide bonds. The van der Waals surface area contributed by atoms with Gasteiger partial charge in [-0.2, -0.15) is 0 Å². The number of hydrogen-bond donors (Lipinski definition) is 1. The Morgan fingerprint density at radius 1 is 1.50 bits per heavy atom. The molecule has 1 aliphatic carbocycles. The van der Waals surface area contributed by atoms with E-state index in [9.17, 15) is 4.79 Å². The molecular weight excluding hydrogens is 208 g/mol. The van der Waals surface area contributed by atoms with Gasteiger partial charge in [-0.1, -0.05) is 0 Å². The Morgan fingerprint density at radius 3 is 2.81 bits per heavy atom. The molecule has 1 saturated carbocycles. The summed E-state index contributed by atoms with van der Waals surface area (Å²) in [6.07, 6.45) is 2.85. The first-order valence-electron chi connectivity index (χ1n) is 5.87. The first-order chi connectivity index (χ1) is 7.70. The van der Waals surface area contributed by atoms with Crippen LogP contribution < -0.4 is 5.32 Å². The van der Waals surface area contributed by atoms with Crippen molar-refractivity contribution in [1.29, 1.82) is 0 Å². The van der Waals surface area contributed by atoms with E-state index in [4.69, 9.17) is 9.47 Å². The average molecular weight is 226 g/mol. The van der Waals surface area contributed by atoms with E-state index in [0.29, 0.717) is 19.8 Å². The quantitative estimate of drug-likeness (QED) is 0.718. The van der Waals surface area contributed by atoms with Crippen molar-refractivity contribution in [3.8, 4) is 0 Å². The Bertz CT molecular complexity index is 308. The summed E-state index contributed by atoms with van der Waals surface area (Å²) in [7, 11) is 1.70. The summed E-state index contributed by atoms with van der Waals surface area (Å²) in [6.45, 7) is 2.63. The van der Waals surface area contributed by atoms with Crippen LogP contribution in [0.4, 0.5) is 0 Å². The average Bonchev–Trinajstić information content (AvgIpc) is 2.85. The standard InChI is InChI=1S/C11H18N2O3/c1-15-10(4-5-16-7-10)6-13-8-12-11(2-3-11)9(13)14/h12H,2-8H2,1H3. The molecule has 5 nitrogen and oxygen atoms in total. The second-order valence-corrected chi connectivity index (χ2v) is 5.11. The molecule has 0 radical (unpaired) electrons. The maximum absolute atomic E-state index is 12.1. The van der Waals surface area contributed by atoms with Gasteiger partial charge in [0.2, 0.25) is 5.91 Å². The summed E-state index contributed by atoms with van der Waals surface area (Å²) in [4.78, 5) is 14.0. The minimum Gasteiger partial charge on any atom is -0.378 e. The van der Waals surface area contributed by atoms with Gasteiger partial charge >= 0.3 is 0 Å². The fourth-order valence-corrected chi connectivity index (χ4v) is 2.63. The van der Waals surface area contributed by atoms with Crippen LogP contribution in [0.25, 0.3) is 0 Å². The van der Waals surface area contributed by atoms with E-state index in [0.717, 1.165) is 25.9 Å². The molecule has 5 heteroatoms. The normalized spacial score (nSPS) is 36.3. The van der Waals surface area contributed by atoms with E-state index in [2.05, 4.69) is 5.32 Å². The van der Waals surface area contributed by atoms with Crippen LogP contribution in [0.1, 0.15) is 19.3 Å². The van der Waals surface area contributed by atoms with E-state index in [1.165, 1.54) is 0 Å². The van der Waals surface area contributed by atoms with Gasteiger partial charge in [-0.3, -0.25) is 10.1 Å². The largest absolute Gasteiger partial charge is 0.378 e. The summed E-state index contributed by atoms with van der Waals surface area (Å²) in [5.41, 5.74) is -0.480.